The molecule has 2 aromatic carbocycles. The largest absolute Gasteiger partial charge is 0.457 e. The van der Waals surface area contributed by atoms with Crippen molar-refractivity contribution >= 4 is 23.2 Å². The second-order valence-corrected chi connectivity index (χ2v) is 6.57. The van der Waals surface area contributed by atoms with E-state index in [-0.39, 0.29) is 0 Å². The van der Waals surface area contributed by atoms with E-state index in [0.717, 1.165) is 5.56 Å². The van der Waals surface area contributed by atoms with Gasteiger partial charge in [-0.15, -0.1) is 0 Å². The van der Waals surface area contributed by atoms with E-state index in [1.54, 1.807) is 48.5 Å². The Bertz CT molecular complexity index is 838. The molecule has 1 atom stereocenters. The summed E-state index contributed by atoms with van der Waals surface area (Å²) < 4.78 is 13.2. The van der Waals surface area contributed by atoms with Crippen molar-refractivity contribution in [2.45, 2.75) is 19.1 Å². The minimum absolute atomic E-state index is 0.487. The molecule has 0 spiro atoms. The van der Waals surface area contributed by atoms with Gasteiger partial charge >= 0.3 is 0 Å². The number of nitrogens with zero attached hydrogens (tertiary/aromatic N) is 3. The van der Waals surface area contributed by atoms with E-state index >= 15 is 0 Å². The lowest BCUT2D eigenvalue weighted by molar-refractivity contribution is -0.0156. The van der Waals surface area contributed by atoms with Crippen LogP contribution in [-0.4, -0.2) is 21.9 Å². The highest BCUT2D eigenvalue weighted by Crippen LogP contribution is 2.35. The lowest BCUT2D eigenvalue weighted by Crippen LogP contribution is -2.31. The van der Waals surface area contributed by atoms with Crippen molar-refractivity contribution in [2.75, 3.05) is 7.11 Å². The van der Waals surface area contributed by atoms with Crippen LogP contribution in [0.15, 0.2) is 55.1 Å². The molecule has 0 bridgehead atoms. The normalized spacial score (nSPS) is 13.4. The molecule has 0 amide bonds. The SMILES string of the molecule is CO[C@](C)(Cn1cncn1)c1ccc(Oc2ccc(Cl)cc2)cc1Cl. The highest BCUT2D eigenvalue weighted by Gasteiger charge is 2.30. The van der Waals surface area contributed by atoms with Crippen LogP contribution >= 0.6 is 23.2 Å². The van der Waals surface area contributed by atoms with Crippen molar-refractivity contribution in [3.05, 3.63) is 70.7 Å². The third kappa shape index (κ3) is 4.12. The minimum atomic E-state index is -0.649. The van der Waals surface area contributed by atoms with Gasteiger partial charge in [0.1, 0.15) is 29.8 Å². The molecule has 0 N–H and O–H groups in total. The molecule has 7 heteroatoms. The van der Waals surface area contributed by atoms with Crippen molar-refractivity contribution in [1.29, 1.82) is 0 Å². The Labute approximate surface area is 156 Å². The third-order valence-electron chi connectivity index (χ3n) is 3.94. The second kappa shape index (κ2) is 7.44. The molecule has 0 saturated carbocycles. The van der Waals surface area contributed by atoms with Gasteiger partial charge in [0.25, 0.3) is 0 Å². The summed E-state index contributed by atoms with van der Waals surface area (Å²) in [6.07, 6.45) is 3.13. The van der Waals surface area contributed by atoms with E-state index in [1.807, 2.05) is 19.1 Å². The Balaban J connectivity index is 1.83. The topological polar surface area (TPSA) is 49.2 Å². The van der Waals surface area contributed by atoms with Gasteiger partial charge in [0.05, 0.1) is 11.6 Å². The second-order valence-electron chi connectivity index (χ2n) is 5.73. The molecule has 0 saturated heterocycles. The van der Waals surface area contributed by atoms with Gasteiger partial charge < -0.3 is 9.47 Å². The fourth-order valence-corrected chi connectivity index (χ4v) is 3.01. The van der Waals surface area contributed by atoms with Gasteiger partial charge in [-0.2, -0.15) is 5.10 Å². The van der Waals surface area contributed by atoms with E-state index < -0.39 is 5.60 Å². The number of ether oxygens (including phenoxy) is 2. The maximum atomic E-state index is 6.50. The number of aromatic nitrogens is 3. The Morgan fingerprint density at radius 3 is 2.40 bits per heavy atom. The van der Waals surface area contributed by atoms with Crippen LogP contribution in [0.25, 0.3) is 0 Å². The highest BCUT2D eigenvalue weighted by atomic mass is 35.5. The summed E-state index contributed by atoms with van der Waals surface area (Å²) in [6, 6.07) is 12.7. The average Bonchev–Trinajstić information content (AvgIpc) is 3.09. The number of benzene rings is 2. The van der Waals surface area contributed by atoms with Gasteiger partial charge in [0, 0.05) is 17.7 Å². The molecule has 25 heavy (non-hydrogen) atoms. The molecule has 3 aromatic rings. The summed E-state index contributed by atoms with van der Waals surface area (Å²) in [5.41, 5.74) is 0.194. The number of rotatable bonds is 6. The fraction of sp³-hybridized carbons (Fsp3) is 0.222. The summed E-state index contributed by atoms with van der Waals surface area (Å²) in [7, 11) is 1.64. The molecule has 0 fully saturated rings. The first kappa shape index (κ1) is 17.7. The van der Waals surface area contributed by atoms with Gasteiger partial charge in [-0.1, -0.05) is 29.3 Å². The van der Waals surface area contributed by atoms with Crippen LogP contribution in [0.5, 0.6) is 11.5 Å². The lowest BCUT2D eigenvalue weighted by atomic mass is 9.95. The lowest BCUT2D eigenvalue weighted by Gasteiger charge is -2.29. The van der Waals surface area contributed by atoms with E-state index in [9.17, 15) is 0 Å². The summed E-state index contributed by atoms with van der Waals surface area (Å²) >= 11 is 12.4. The summed E-state index contributed by atoms with van der Waals surface area (Å²) in [5, 5.41) is 5.34. The summed E-state index contributed by atoms with van der Waals surface area (Å²) in [6.45, 7) is 2.44. The number of hydrogen-bond donors (Lipinski definition) is 0. The smallest absolute Gasteiger partial charge is 0.137 e. The Hall–Kier alpha value is -2.08. The molecule has 1 aromatic heterocycles. The van der Waals surface area contributed by atoms with Crippen LogP contribution in [-0.2, 0) is 16.9 Å². The number of halogens is 2. The zero-order valence-corrected chi connectivity index (χ0v) is 15.3. The maximum Gasteiger partial charge on any atom is 0.137 e. The van der Waals surface area contributed by atoms with Crippen molar-refractivity contribution in [3.8, 4) is 11.5 Å². The molecule has 0 unspecified atom stereocenters. The quantitative estimate of drug-likeness (QED) is 0.610. The molecule has 3 rings (SSSR count). The first-order valence-electron chi connectivity index (χ1n) is 7.61. The van der Waals surface area contributed by atoms with Crippen molar-refractivity contribution < 1.29 is 9.47 Å². The van der Waals surface area contributed by atoms with E-state index in [0.29, 0.717) is 28.1 Å². The third-order valence-corrected chi connectivity index (χ3v) is 4.51. The van der Waals surface area contributed by atoms with Crippen LogP contribution in [0.2, 0.25) is 10.0 Å². The first-order chi connectivity index (χ1) is 12.0. The molecular formula is C18H17Cl2N3O2. The van der Waals surface area contributed by atoms with Gasteiger partial charge in [-0.05, 0) is 43.3 Å². The molecule has 0 aliphatic heterocycles. The zero-order valence-electron chi connectivity index (χ0n) is 13.8. The van der Waals surface area contributed by atoms with E-state index in [2.05, 4.69) is 10.1 Å². The standard InChI is InChI=1S/C18H17Cl2N3O2/c1-18(24-2,10-23-12-21-11-22-23)16-8-7-15(9-17(16)20)25-14-5-3-13(19)4-6-14/h3-9,11-12H,10H2,1-2H3/t18-/m1/s1. The molecule has 1 heterocycles. The molecule has 5 nitrogen and oxygen atoms in total. The number of methoxy groups -OCH3 is 1. The van der Waals surface area contributed by atoms with E-state index in [4.69, 9.17) is 32.7 Å². The van der Waals surface area contributed by atoms with Crippen LogP contribution in [0.3, 0.4) is 0 Å². The molecular weight excluding hydrogens is 361 g/mol. The summed E-state index contributed by atoms with van der Waals surface area (Å²) in [4.78, 5) is 3.96. The molecule has 0 aliphatic carbocycles. The number of hydrogen-bond acceptors (Lipinski definition) is 4. The van der Waals surface area contributed by atoms with Gasteiger partial charge in [0.2, 0.25) is 0 Å². The minimum Gasteiger partial charge on any atom is -0.457 e. The zero-order chi connectivity index (χ0) is 17.9. The van der Waals surface area contributed by atoms with Gasteiger partial charge in [-0.3, -0.25) is 0 Å². The van der Waals surface area contributed by atoms with Gasteiger partial charge in [0.15, 0.2) is 0 Å². The molecule has 0 radical (unpaired) electrons. The predicted octanol–water partition coefficient (Wildman–Crippen LogP) is 4.94. The van der Waals surface area contributed by atoms with Crippen molar-refractivity contribution in [3.63, 3.8) is 0 Å². The monoisotopic (exact) mass is 377 g/mol. The molecule has 0 aliphatic rings. The molecule has 130 valence electrons. The fourth-order valence-electron chi connectivity index (χ4n) is 2.51. The Morgan fingerprint density at radius 1 is 1.08 bits per heavy atom. The Kier molecular flexibility index (Phi) is 5.27. The van der Waals surface area contributed by atoms with Crippen LogP contribution < -0.4 is 4.74 Å². The highest BCUT2D eigenvalue weighted by molar-refractivity contribution is 6.31. The predicted molar refractivity (Wildman–Crippen MR) is 97.4 cm³/mol. The maximum absolute atomic E-state index is 6.50. The Morgan fingerprint density at radius 2 is 1.80 bits per heavy atom. The van der Waals surface area contributed by atoms with E-state index in [1.165, 1.54) is 6.33 Å². The van der Waals surface area contributed by atoms with Gasteiger partial charge in [-0.25, -0.2) is 9.67 Å². The average molecular weight is 378 g/mol. The van der Waals surface area contributed by atoms with Crippen LogP contribution in [0.1, 0.15) is 12.5 Å². The van der Waals surface area contributed by atoms with Crippen molar-refractivity contribution in [2.24, 2.45) is 0 Å². The first-order valence-corrected chi connectivity index (χ1v) is 8.37. The van der Waals surface area contributed by atoms with Crippen LogP contribution in [0, 0.1) is 0 Å². The van der Waals surface area contributed by atoms with Crippen LogP contribution in [0.4, 0.5) is 0 Å². The summed E-state index contributed by atoms with van der Waals surface area (Å²) in [5.74, 6) is 1.32. The van der Waals surface area contributed by atoms with Crippen molar-refractivity contribution in [1.82, 2.24) is 14.8 Å².